The molecule has 4 heteroatoms. The van der Waals surface area contributed by atoms with Crippen LogP contribution in [0.15, 0.2) is 18.2 Å². The summed E-state index contributed by atoms with van der Waals surface area (Å²) in [5, 5.41) is 0. The van der Waals surface area contributed by atoms with Crippen LogP contribution in [-0.4, -0.2) is 12.5 Å². The van der Waals surface area contributed by atoms with Gasteiger partial charge in [0.05, 0.1) is 0 Å². The molecule has 0 saturated heterocycles. The van der Waals surface area contributed by atoms with Crippen molar-refractivity contribution in [1.29, 1.82) is 0 Å². The third-order valence-corrected chi connectivity index (χ3v) is 1.78. The molecule has 0 aromatic heterocycles. The standard InChI is InChI=1S/C9H11FN2O/c10-8-3-1-2-7(9(12)13)6(8)4-5-11/h1-3H,4-5,11H2,(H2,12,13). The van der Waals surface area contributed by atoms with Gasteiger partial charge in [0.25, 0.3) is 0 Å². The topological polar surface area (TPSA) is 69.1 Å². The zero-order valence-electron chi connectivity index (χ0n) is 7.09. The number of hydrogen-bond donors (Lipinski definition) is 2. The number of nitrogens with two attached hydrogens (primary N) is 2. The van der Waals surface area contributed by atoms with Gasteiger partial charge in [-0.15, -0.1) is 0 Å². The van der Waals surface area contributed by atoms with Crippen molar-refractivity contribution in [3.63, 3.8) is 0 Å². The predicted molar refractivity (Wildman–Crippen MR) is 47.7 cm³/mol. The largest absolute Gasteiger partial charge is 0.366 e. The minimum atomic E-state index is -0.622. The van der Waals surface area contributed by atoms with Crippen molar-refractivity contribution in [3.8, 4) is 0 Å². The van der Waals surface area contributed by atoms with Crippen LogP contribution in [-0.2, 0) is 6.42 Å². The van der Waals surface area contributed by atoms with E-state index in [4.69, 9.17) is 11.5 Å². The van der Waals surface area contributed by atoms with Crippen LogP contribution < -0.4 is 11.5 Å². The molecular formula is C9H11FN2O. The summed E-state index contributed by atoms with van der Waals surface area (Å²) in [6.07, 6.45) is 0.324. The number of rotatable bonds is 3. The van der Waals surface area contributed by atoms with Gasteiger partial charge in [-0.05, 0) is 25.1 Å². The molecule has 1 aromatic carbocycles. The molecule has 0 saturated carbocycles. The molecule has 1 rings (SSSR count). The van der Waals surface area contributed by atoms with Crippen LogP contribution in [0.25, 0.3) is 0 Å². The van der Waals surface area contributed by atoms with Gasteiger partial charge in [-0.3, -0.25) is 4.79 Å². The van der Waals surface area contributed by atoms with Crippen LogP contribution in [0.3, 0.4) is 0 Å². The van der Waals surface area contributed by atoms with Crippen LogP contribution in [0.2, 0.25) is 0 Å². The van der Waals surface area contributed by atoms with Gasteiger partial charge in [0.1, 0.15) is 5.82 Å². The van der Waals surface area contributed by atoms with Crippen molar-refractivity contribution in [1.82, 2.24) is 0 Å². The summed E-state index contributed by atoms with van der Waals surface area (Å²) in [5.74, 6) is -1.05. The summed E-state index contributed by atoms with van der Waals surface area (Å²) in [4.78, 5) is 10.9. The molecule has 0 radical (unpaired) electrons. The van der Waals surface area contributed by atoms with Crippen molar-refractivity contribution < 1.29 is 9.18 Å². The first-order valence-corrected chi connectivity index (χ1v) is 3.94. The molecule has 13 heavy (non-hydrogen) atoms. The number of carbonyl (C=O) groups excluding carboxylic acids is 1. The number of benzene rings is 1. The van der Waals surface area contributed by atoms with Gasteiger partial charge in [0.15, 0.2) is 0 Å². The average Bonchev–Trinajstić information content (AvgIpc) is 2.08. The van der Waals surface area contributed by atoms with E-state index in [2.05, 4.69) is 0 Å². The molecular weight excluding hydrogens is 171 g/mol. The fourth-order valence-corrected chi connectivity index (χ4v) is 1.19. The predicted octanol–water partition coefficient (Wildman–Crippen LogP) is 0.426. The van der Waals surface area contributed by atoms with Gasteiger partial charge in [-0.25, -0.2) is 4.39 Å². The number of amides is 1. The Hall–Kier alpha value is -1.42. The first-order valence-electron chi connectivity index (χ1n) is 3.94. The van der Waals surface area contributed by atoms with Crippen molar-refractivity contribution >= 4 is 5.91 Å². The molecule has 4 N–H and O–H groups in total. The second-order valence-electron chi connectivity index (χ2n) is 2.67. The van der Waals surface area contributed by atoms with E-state index in [1.807, 2.05) is 0 Å². The fraction of sp³-hybridized carbons (Fsp3) is 0.222. The van der Waals surface area contributed by atoms with E-state index in [-0.39, 0.29) is 5.56 Å². The maximum Gasteiger partial charge on any atom is 0.249 e. The minimum absolute atomic E-state index is 0.213. The molecule has 3 nitrogen and oxygen atoms in total. The van der Waals surface area contributed by atoms with Crippen LogP contribution >= 0.6 is 0 Å². The number of carbonyl (C=O) groups is 1. The third kappa shape index (κ3) is 2.03. The molecule has 1 amide bonds. The van der Waals surface area contributed by atoms with Crippen molar-refractivity contribution in [2.45, 2.75) is 6.42 Å². The van der Waals surface area contributed by atoms with Gasteiger partial charge < -0.3 is 11.5 Å². The lowest BCUT2D eigenvalue weighted by Gasteiger charge is -2.05. The Morgan fingerprint density at radius 3 is 2.69 bits per heavy atom. The number of halogens is 1. The maximum absolute atomic E-state index is 13.1. The van der Waals surface area contributed by atoms with Crippen molar-refractivity contribution in [3.05, 3.63) is 35.1 Å². The van der Waals surface area contributed by atoms with Gasteiger partial charge in [0, 0.05) is 11.1 Å². The van der Waals surface area contributed by atoms with Gasteiger partial charge >= 0.3 is 0 Å². The van der Waals surface area contributed by atoms with Crippen LogP contribution in [0.4, 0.5) is 4.39 Å². The summed E-state index contributed by atoms with van der Waals surface area (Å²) in [6.45, 7) is 0.293. The average molecular weight is 182 g/mol. The molecule has 0 unspecified atom stereocenters. The Bertz CT molecular complexity index is 325. The SMILES string of the molecule is NCCc1c(F)cccc1C(N)=O. The molecule has 0 aliphatic carbocycles. The smallest absolute Gasteiger partial charge is 0.249 e. The number of primary amides is 1. The van der Waals surface area contributed by atoms with Gasteiger partial charge in [-0.1, -0.05) is 6.07 Å². The first-order chi connectivity index (χ1) is 6.16. The van der Waals surface area contributed by atoms with Crippen LogP contribution in [0.1, 0.15) is 15.9 Å². The lowest BCUT2D eigenvalue weighted by molar-refractivity contribution is 0.0999. The summed E-state index contributed by atoms with van der Waals surface area (Å²) in [6, 6.07) is 4.24. The highest BCUT2D eigenvalue weighted by Crippen LogP contribution is 2.13. The normalized spacial score (nSPS) is 10.0. The lowest BCUT2D eigenvalue weighted by Crippen LogP contribution is -2.16. The first kappa shape index (κ1) is 9.67. The van der Waals surface area contributed by atoms with Gasteiger partial charge in [0.2, 0.25) is 5.91 Å². The molecule has 0 fully saturated rings. The van der Waals surface area contributed by atoms with Crippen LogP contribution in [0, 0.1) is 5.82 Å². The summed E-state index contributed by atoms with van der Waals surface area (Å²) < 4.78 is 13.1. The monoisotopic (exact) mass is 182 g/mol. The summed E-state index contributed by atoms with van der Waals surface area (Å²) in [5.41, 5.74) is 10.9. The second kappa shape index (κ2) is 4.00. The van der Waals surface area contributed by atoms with E-state index in [0.717, 1.165) is 0 Å². The summed E-state index contributed by atoms with van der Waals surface area (Å²) >= 11 is 0. The molecule has 0 aliphatic heterocycles. The van der Waals surface area contributed by atoms with Gasteiger partial charge in [-0.2, -0.15) is 0 Å². The fourth-order valence-electron chi connectivity index (χ4n) is 1.19. The highest BCUT2D eigenvalue weighted by Gasteiger charge is 2.10. The van der Waals surface area contributed by atoms with Crippen molar-refractivity contribution in [2.75, 3.05) is 6.54 Å². The molecule has 0 bridgehead atoms. The quantitative estimate of drug-likeness (QED) is 0.711. The second-order valence-corrected chi connectivity index (χ2v) is 2.67. The third-order valence-electron chi connectivity index (χ3n) is 1.78. The molecule has 0 spiro atoms. The van der Waals surface area contributed by atoms with E-state index in [1.54, 1.807) is 0 Å². The highest BCUT2D eigenvalue weighted by atomic mass is 19.1. The summed E-state index contributed by atoms with van der Waals surface area (Å²) in [7, 11) is 0. The highest BCUT2D eigenvalue weighted by molar-refractivity contribution is 5.94. The Labute approximate surface area is 75.5 Å². The van der Waals surface area contributed by atoms with E-state index >= 15 is 0 Å². The van der Waals surface area contributed by atoms with Crippen LogP contribution in [0.5, 0.6) is 0 Å². The molecule has 70 valence electrons. The zero-order chi connectivity index (χ0) is 9.84. The zero-order valence-corrected chi connectivity index (χ0v) is 7.09. The maximum atomic E-state index is 13.1. The Morgan fingerprint density at radius 2 is 2.15 bits per heavy atom. The molecule has 0 atom stereocenters. The molecule has 0 heterocycles. The van der Waals surface area contributed by atoms with E-state index in [0.29, 0.717) is 18.5 Å². The minimum Gasteiger partial charge on any atom is -0.366 e. The molecule has 0 aliphatic rings. The Kier molecular flexibility index (Phi) is 2.97. The Balaban J connectivity index is 3.17. The van der Waals surface area contributed by atoms with E-state index in [9.17, 15) is 9.18 Å². The van der Waals surface area contributed by atoms with E-state index in [1.165, 1.54) is 18.2 Å². The van der Waals surface area contributed by atoms with Crippen molar-refractivity contribution in [2.24, 2.45) is 11.5 Å². The number of hydrogen-bond acceptors (Lipinski definition) is 2. The molecule has 1 aromatic rings. The lowest BCUT2D eigenvalue weighted by atomic mass is 10.0. The Morgan fingerprint density at radius 1 is 1.46 bits per heavy atom. The van der Waals surface area contributed by atoms with E-state index < -0.39 is 11.7 Å².